The molecule has 0 aromatic heterocycles. The molecular weight excluding hydrogens is 248 g/mol. The van der Waals surface area contributed by atoms with E-state index in [1.54, 1.807) is 0 Å². The topological polar surface area (TPSA) is 41.1 Å². The molecule has 20 heavy (non-hydrogen) atoms. The molecule has 108 valence electrons. The maximum Gasteiger partial charge on any atom is 0.251 e. The Hall–Kier alpha value is -1.51. The van der Waals surface area contributed by atoms with Crippen LogP contribution >= 0.6 is 0 Å². The molecule has 2 saturated carbocycles. The minimum Gasteiger partial charge on any atom is -0.382 e. The van der Waals surface area contributed by atoms with Crippen LogP contribution in [0.25, 0.3) is 0 Å². The van der Waals surface area contributed by atoms with Crippen LogP contribution in [-0.4, -0.2) is 18.5 Å². The third kappa shape index (κ3) is 3.33. The van der Waals surface area contributed by atoms with Crippen molar-refractivity contribution in [3.63, 3.8) is 0 Å². The summed E-state index contributed by atoms with van der Waals surface area (Å²) in [4.78, 5) is 12.0. The van der Waals surface area contributed by atoms with Gasteiger partial charge in [-0.05, 0) is 62.1 Å². The van der Waals surface area contributed by atoms with Gasteiger partial charge >= 0.3 is 0 Å². The van der Waals surface area contributed by atoms with Crippen LogP contribution in [0.15, 0.2) is 24.3 Å². The van der Waals surface area contributed by atoms with Crippen LogP contribution in [0.1, 0.15) is 49.4 Å². The smallest absolute Gasteiger partial charge is 0.251 e. The van der Waals surface area contributed by atoms with E-state index >= 15 is 0 Å². The van der Waals surface area contributed by atoms with Crippen molar-refractivity contribution in [1.29, 1.82) is 0 Å². The van der Waals surface area contributed by atoms with Crippen LogP contribution in [-0.2, 0) is 0 Å². The van der Waals surface area contributed by atoms with Gasteiger partial charge in [0.1, 0.15) is 0 Å². The van der Waals surface area contributed by atoms with Gasteiger partial charge in [-0.2, -0.15) is 0 Å². The Bertz CT molecular complexity index is 466. The van der Waals surface area contributed by atoms with E-state index in [-0.39, 0.29) is 5.91 Å². The maximum absolute atomic E-state index is 12.0. The zero-order chi connectivity index (χ0) is 13.9. The number of carbonyl (C=O) groups is 1. The number of hydrogen-bond donors (Lipinski definition) is 2. The molecule has 0 radical (unpaired) electrons. The summed E-state index contributed by atoms with van der Waals surface area (Å²) >= 11 is 0. The molecule has 2 N–H and O–H groups in total. The number of amides is 1. The fraction of sp³-hybridized carbons (Fsp3) is 0.588. The molecular formula is C17H24N2O. The first-order chi connectivity index (χ1) is 9.78. The number of rotatable bonds is 7. The molecule has 1 aromatic rings. The molecule has 0 aliphatic heterocycles. The van der Waals surface area contributed by atoms with E-state index in [1.807, 2.05) is 18.2 Å². The Labute approximate surface area is 121 Å². The molecule has 2 aliphatic rings. The van der Waals surface area contributed by atoms with Crippen molar-refractivity contribution in [3.8, 4) is 0 Å². The van der Waals surface area contributed by atoms with Gasteiger partial charge in [-0.25, -0.2) is 0 Å². The van der Waals surface area contributed by atoms with E-state index in [1.165, 1.54) is 25.7 Å². The zero-order valence-electron chi connectivity index (χ0n) is 12.2. The second-order valence-corrected chi connectivity index (χ2v) is 6.18. The van der Waals surface area contributed by atoms with E-state index in [0.717, 1.165) is 36.1 Å². The minimum absolute atomic E-state index is 0.0323. The van der Waals surface area contributed by atoms with Crippen LogP contribution in [0, 0.1) is 11.8 Å². The van der Waals surface area contributed by atoms with Gasteiger partial charge in [0.15, 0.2) is 0 Å². The number of anilines is 1. The number of carbonyl (C=O) groups excluding carboxylic acids is 1. The van der Waals surface area contributed by atoms with Crippen molar-refractivity contribution in [3.05, 3.63) is 29.8 Å². The Kier molecular flexibility index (Phi) is 3.95. The van der Waals surface area contributed by atoms with Crippen molar-refractivity contribution in [2.24, 2.45) is 11.8 Å². The quantitative estimate of drug-likeness (QED) is 0.798. The molecule has 0 heterocycles. The molecule has 0 saturated heterocycles. The molecule has 2 fully saturated rings. The molecule has 0 bridgehead atoms. The summed E-state index contributed by atoms with van der Waals surface area (Å²) in [5, 5.41) is 6.61. The van der Waals surface area contributed by atoms with Gasteiger partial charge in [0.25, 0.3) is 5.91 Å². The molecule has 3 rings (SSSR count). The lowest BCUT2D eigenvalue weighted by Crippen LogP contribution is -2.26. The van der Waals surface area contributed by atoms with Gasteiger partial charge in [-0.15, -0.1) is 0 Å². The SMILES string of the molecule is CCCNC(=O)c1cccc(NC(C2CC2)C2CC2)c1. The summed E-state index contributed by atoms with van der Waals surface area (Å²) in [5.74, 6) is 1.75. The largest absolute Gasteiger partial charge is 0.382 e. The molecule has 2 aliphatic carbocycles. The van der Waals surface area contributed by atoms with Crippen molar-refractivity contribution in [2.45, 2.75) is 45.1 Å². The van der Waals surface area contributed by atoms with Crippen LogP contribution in [0.2, 0.25) is 0 Å². The first-order valence-corrected chi connectivity index (χ1v) is 7.92. The molecule has 0 spiro atoms. The lowest BCUT2D eigenvalue weighted by atomic mass is 10.1. The van der Waals surface area contributed by atoms with Crippen LogP contribution in [0.3, 0.4) is 0 Å². The predicted molar refractivity (Wildman–Crippen MR) is 81.9 cm³/mol. The third-order valence-electron chi connectivity index (χ3n) is 4.25. The van der Waals surface area contributed by atoms with E-state index in [0.29, 0.717) is 6.04 Å². The number of hydrogen-bond acceptors (Lipinski definition) is 2. The van der Waals surface area contributed by atoms with Crippen molar-refractivity contribution >= 4 is 11.6 Å². The lowest BCUT2D eigenvalue weighted by Gasteiger charge is -2.19. The van der Waals surface area contributed by atoms with Crippen LogP contribution in [0.4, 0.5) is 5.69 Å². The highest BCUT2D eigenvalue weighted by atomic mass is 16.1. The standard InChI is InChI=1S/C17H24N2O/c1-2-10-18-17(20)14-4-3-5-15(11-14)19-16(12-6-7-12)13-8-9-13/h3-5,11-13,16,19H,2,6-10H2,1H3,(H,18,20). The van der Waals surface area contributed by atoms with Gasteiger partial charge in [0.2, 0.25) is 0 Å². The first-order valence-electron chi connectivity index (χ1n) is 7.92. The monoisotopic (exact) mass is 272 g/mol. The highest BCUT2D eigenvalue weighted by molar-refractivity contribution is 5.95. The van der Waals surface area contributed by atoms with Crippen molar-refractivity contribution < 1.29 is 4.79 Å². The Morgan fingerprint density at radius 1 is 1.25 bits per heavy atom. The Balaban J connectivity index is 1.65. The maximum atomic E-state index is 12.0. The molecule has 3 nitrogen and oxygen atoms in total. The van der Waals surface area contributed by atoms with Gasteiger partial charge in [-0.1, -0.05) is 13.0 Å². The zero-order valence-corrected chi connectivity index (χ0v) is 12.2. The van der Waals surface area contributed by atoms with Gasteiger partial charge < -0.3 is 10.6 Å². The lowest BCUT2D eigenvalue weighted by molar-refractivity contribution is 0.0953. The van der Waals surface area contributed by atoms with E-state index in [4.69, 9.17) is 0 Å². The van der Waals surface area contributed by atoms with E-state index < -0.39 is 0 Å². The number of nitrogens with one attached hydrogen (secondary N) is 2. The fourth-order valence-electron chi connectivity index (χ4n) is 2.81. The molecule has 1 aromatic carbocycles. The summed E-state index contributed by atoms with van der Waals surface area (Å²) in [7, 11) is 0. The first kappa shape index (κ1) is 13.5. The van der Waals surface area contributed by atoms with Gasteiger partial charge in [-0.3, -0.25) is 4.79 Å². The second-order valence-electron chi connectivity index (χ2n) is 6.18. The Morgan fingerprint density at radius 3 is 2.55 bits per heavy atom. The molecule has 0 atom stereocenters. The highest BCUT2D eigenvalue weighted by Crippen LogP contribution is 2.45. The van der Waals surface area contributed by atoms with Gasteiger partial charge in [0, 0.05) is 23.8 Å². The van der Waals surface area contributed by atoms with Crippen molar-refractivity contribution in [1.82, 2.24) is 5.32 Å². The van der Waals surface area contributed by atoms with Crippen molar-refractivity contribution in [2.75, 3.05) is 11.9 Å². The Morgan fingerprint density at radius 2 is 1.95 bits per heavy atom. The van der Waals surface area contributed by atoms with Crippen LogP contribution in [0.5, 0.6) is 0 Å². The highest BCUT2D eigenvalue weighted by Gasteiger charge is 2.41. The van der Waals surface area contributed by atoms with E-state index in [2.05, 4.69) is 23.6 Å². The molecule has 0 unspecified atom stereocenters. The summed E-state index contributed by atoms with van der Waals surface area (Å²) in [6.07, 6.45) is 6.43. The molecule has 3 heteroatoms. The fourth-order valence-corrected chi connectivity index (χ4v) is 2.81. The summed E-state index contributed by atoms with van der Waals surface area (Å²) in [5.41, 5.74) is 1.85. The third-order valence-corrected chi connectivity index (χ3v) is 4.25. The summed E-state index contributed by atoms with van der Waals surface area (Å²) in [6.45, 7) is 2.80. The average molecular weight is 272 g/mol. The normalized spacial score (nSPS) is 18.1. The van der Waals surface area contributed by atoms with Crippen LogP contribution < -0.4 is 10.6 Å². The summed E-state index contributed by atoms with van der Waals surface area (Å²) in [6, 6.07) is 8.56. The average Bonchev–Trinajstić information content (AvgIpc) is 3.35. The number of benzene rings is 1. The molecule has 1 amide bonds. The second kappa shape index (κ2) is 5.86. The van der Waals surface area contributed by atoms with E-state index in [9.17, 15) is 4.79 Å². The van der Waals surface area contributed by atoms with Gasteiger partial charge in [0.05, 0.1) is 0 Å². The predicted octanol–water partition coefficient (Wildman–Crippen LogP) is 3.43. The summed E-state index contributed by atoms with van der Waals surface area (Å²) < 4.78 is 0. The minimum atomic E-state index is 0.0323.